The predicted octanol–water partition coefficient (Wildman–Crippen LogP) is 4.92. The van der Waals surface area contributed by atoms with E-state index in [0.29, 0.717) is 22.4 Å². The van der Waals surface area contributed by atoms with Crippen LogP contribution in [0.3, 0.4) is 0 Å². The number of methoxy groups -OCH3 is 2. The van der Waals surface area contributed by atoms with E-state index in [4.69, 9.17) is 14.2 Å². The molecule has 4 aliphatic carbocycles. The Morgan fingerprint density at radius 1 is 0.814 bits per heavy atom. The SMILES string of the molecule is COC(=O)C(C(=O)OC)[C@@H]1c2ccccc2[C@@]23Cc4c(ccc5ccccc45)O[C@@]24C(=O)C[C@H](c2ccccc24)[C@@H]1C3=O. The number of esters is 2. The number of ether oxygens (including phenoxy) is 3. The van der Waals surface area contributed by atoms with E-state index in [-0.39, 0.29) is 24.4 Å². The van der Waals surface area contributed by atoms with Crippen molar-refractivity contribution in [2.45, 2.75) is 35.7 Å². The molecule has 2 spiro atoms. The third kappa shape index (κ3) is 2.99. The average molecular weight is 573 g/mol. The molecule has 4 aromatic carbocycles. The van der Waals surface area contributed by atoms with Gasteiger partial charge in [-0.2, -0.15) is 0 Å². The van der Waals surface area contributed by atoms with Crippen LogP contribution >= 0.6 is 0 Å². The molecule has 5 atom stereocenters. The minimum absolute atomic E-state index is 0.0393. The number of ketones is 2. The lowest BCUT2D eigenvalue weighted by Crippen LogP contribution is -2.66. The Labute approximate surface area is 247 Å². The predicted molar refractivity (Wildman–Crippen MR) is 156 cm³/mol. The third-order valence-electron chi connectivity index (χ3n) is 10.4. The smallest absolute Gasteiger partial charge is 0.320 e. The Morgan fingerprint density at radius 2 is 1.47 bits per heavy atom. The van der Waals surface area contributed by atoms with Gasteiger partial charge in [0.15, 0.2) is 17.5 Å². The Bertz CT molecular complexity index is 1890. The first-order chi connectivity index (χ1) is 20.9. The van der Waals surface area contributed by atoms with Gasteiger partial charge in [-0.25, -0.2) is 0 Å². The lowest BCUT2D eigenvalue weighted by Gasteiger charge is -2.54. The van der Waals surface area contributed by atoms with Crippen molar-refractivity contribution in [1.82, 2.24) is 0 Å². The molecule has 0 amide bonds. The third-order valence-corrected chi connectivity index (χ3v) is 10.4. The molecule has 0 aromatic heterocycles. The molecule has 1 heterocycles. The van der Waals surface area contributed by atoms with Gasteiger partial charge in [-0.15, -0.1) is 0 Å². The summed E-state index contributed by atoms with van der Waals surface area (Å²) in [6, 6.07) is 26.8. The minimum Gasteiger partial charge on any atom is -0.473 e. The van der Waals surface area contributed by atoms with E-state index in [0.717, 1.165) is 21.9 Å². The van der Waals surface area contributed by atoms with Crippen molar-refractivity contribution in [3.05, 3.63) is 113 Å². The first-order valence-corrected chi connectivity index (χ1v) is 14.5. The standard InChI is InChI=1S/C36H28O7/c1-41-33(39)31(34(40)42-2)29-22-12-6-7-13-25(22)35-18-24-20-10-4-3-9-19(20)15-16-27(24)43-36(35)26-14-8-5-11-21(26)23(17-28(36)37)30(29)32(35)38/h3-16,23,29-31H,17-18H2,1-2H3/t23-,29-,30+,35-,36+/m1/s1. The highest BCUT2D eigenvalue weighted by Crippen LogP contribution is 2.68. The van der Waals surface area contributed by atoms with Crippen molar-refractivity contribution in [1.29, 1.82) is 0 Å². The molecular weight excluding hydrogens is 544 g/mol. The molecule has 0 saturated heterocycles. The second-order valence-corrected chi connectivity index (χ2v) is 12.0. The molecule has 0 N–H and O–H groups in total. The summed E-state index contributed by atoms with van der Waals surface area (Å²) in [5.41, 5.74) is 0.579. The van der Waals surface area contributed by atoms with E-state index in [1.54, 1.807) is 0 Å². The fourth-order valence-electron chi connectivity index (χ4n) is 8.84. The number of benzene rings is 4. The fraction of sp³-hybridized carbons (Fsp3) is 0.278. The monoisotopic (exact) mass is 572 g/mol. The number of carbonyl (C=O) groups is 4. The Kier molecular flexibility index (Phi) is 5.34. The summed E-state index contributed by atoms with van der Waals surface area (Å²) in [6.45, 7) is 0. The van der Waals surface area contributed by atoms with Crippen LogP contribution in [0.5, 0.6) is 5.75 Å². The van der Waals surface area contributed by atoms with Crippen LogP contribution < -0.4 is 4.74 Å². The molecular formula is C36H28O7. The maximum Gasteiger partial charge on any atom is 0.320 e. The Morgan fingerprint density at radius 3 is 2.21 bits per heavy atom. The molecule has 5 aliphatic rings. The van der Waals surface area contributed by atoms with Crippen molar-refractivity contribution < 1.29 is 33.4 Å². The van der Waals surface area contributed by atoms with Gasteiger partial charge in [0.25, 0.3) is 0 Å². The van der Waals surface area contributed by atoms with Gasteiger partial charge in [-0.1, -0.05) is 78.9 Å². The quantitative estimate of drug-likeness (QED) is 0.254. The van der Waals surface area contributed by atoms with Crippen LogP contribution in [0.15, 0.2) is 84.9 Å². The molecule has 4 bridgehead atoms. The van der Waals surface area contributed by atoms with Crippen molar-refractivity contribution in [2.75, 3.05) is 14.2 Å². The molecule has 7 heteroatoms. The zero-order valence-corrected chi connectivity index (χ0v) is 23.7. The van der Waals surface area contributed by atoms with E-state index >= 15 is 4.79 Å². The molecule has 1 saturated carbocycles. The second-order valence-electron chi connectivity index (χ2n) is 12.0. The van der Waals surface area contributed by atoms with Crippen molar-refractivity contribution >= 4 is 34.3 Å². The van der Waals surface area contributed by atoms with Gasteiger partial charge in [0, 0.05) is 35.3 Å². The molecule has 0 radical (unpaired) electrons. The normalized spacial score (nSPS) is 27.7. The lowest BCUT2D eigenvalue weighted by molar-refractivity contribution is -0.163. The summed E-state index contributed by atoms with van der Waals surface area (Å²) in [4.78, 5) is 57.0. The van der Waals surface area contributed by atoms with Gasteiger partial charge < -0.3 is 14.2 Å². The topological polar surface area (TPSA) is 96.0 Å². The summed E-state index contributed by atoms with van der Waals surface area (Å²) in [6.07, 6.45) is 0.272. The van der Waals surface area contributed by atoms with Gasteiger partial charge in [0.2, 0.25) is 5.60 Å². The van der Waals surface area contributed by atoms with E-state index < -0.39 is 46.6 Å². The second kappa shape index (κ2) is 8.86. The number of carbonyl (C=O) groups excluding carboxylic acids is 4. The summed E-state index contributed by atoms with van der Waals surface area (Å²) in [5, 5.41) is 1.96. The summed E-state index contributed by atoms with van der Waals surface area (Å²) < 4.78 is 17.3. The number of rotatable bonds is 3. The molecule has 43 heavy (non-hydrogen) atoms. The highest BCUT2D eigenvalue weighted by molar-refractivity contribution is 6.11. The number of hydrogen-bond donors (Lipinski definition) is 0. The van der Waals surface area contributed by atoms with Crippen LogP contribution in [0.1, 0.15) is 46.1 Å². The molecule has 214 valence electrons. The highest BCUT2D eigenvalue weighted by atomic mass is 16.5. The first kappa shape index (κ1) is 25.9. The van der Waals surface area contributed by atoms with Crippen LogP contribution in [0, 0.1) is 11.8 Å². The first-order valence-electron chi connectivity index (χ1n) is 14.5. The lowest BCUT2D eigenvalue weighted by atomic mass is 9.50. The van der Waals surface area contributed by atoms with E-state index in [1.807, 2.05) is 84.9 Å². The Balaban J connectivity index is 1.53. The largest absolute Gasteiger partial charge is 0.473 e. The van der Waals surface area contributed by atoms with Crippen LogP contribution in [0.2, 0.25) is 0 Å². The van der Waals surface area contributed by atoms with Crippen LogP contribution in [-0.4, -0.2) is 37.7 Å². The zero-order valence-electron chi connectivity index (χ0n) is 23.7. The van der Waals surface area contributed by atoms with E-state index in [2.05, 4.69) is 0 Å². The molecule has 1 aliphatic heterocycles. The maximum absolute atomic E-state index is 15.6. The molecule has 7 nitrogen and oxygen atoms in total. The fourth-order valence-corrected chi connectivity index (χ4v) is 8.84. The Hall–Kier alpha value is -4.78. The van der Waals surface area contributed by atoms with Crippen LogP contribution in [0.25, 0.3) is 10.8 Å². The van der Waals surface area contributed by atoms with Crippen molar-refractivity contribution in [2.24, 2.45) is 11.8 Å². The van der Waals surface area contributed by atoms with E-state index in [1.165, 1.54) is 14.2 Å². The highest BCUT2D eigenvalue weighted by Gasteiger charge is 2.76. The van der Waals surface area contributed by atoms with Crippen molar-refractivity contribution in [3.63, 3.8) is 0 Å². The van der Waals surface area contributed by atoms with Gasteiger partial charge in [-0.3, -0.25) is 19.2 Å². The number of Topliss-reactive ketones (excluding diaryl/α,β-unsaturated/α-hetero) is 2. The van der Waals surface area contributed by atoms with Crippen LogP contribution in [-0.2, 0) is 46.1 Å². The molecule has 4 aromatic rings. The summed E-state index contributed by atoms with van der Waals surface area (Å²) in [5.74, 6) is -5.08. The summed E-state index contributed by atoms with van der Waals surface area (Å²) in [7, 11) is 2.44. The van der Waals surface area contributed by atoms with Crippen molar-refractivity contribution in [3.8, 4) is 5.75 Å². The van der Waals surface area contributed by atoms with Gasteiger partial charge in [0.05, 0.1) is 14.2 Å². The molecule has 1 fully saturated rings. The van der Waals surface area contributed by atoms with Gasteiger partial charge in [0.1, 0.15) is 11.2 Å². The number of fused-ring (bicyclic) bond motifs is 5. The minimum atomic E-state index is -1.62. The van der Waals surface area contributed by atoms with Gasteiger partial charge in [-0.05, 0) is 39.9 Å². The zero-order chi connectivity index (χ0) is 29.7. The van der Waals surface area contributed by atoms with Gasteiger partial charge >= 0.3 is 11.9 Å². The molecule has 0 unspecified atom stereocenters. The van der Waals surface area contributed by atoms with Crippen LogP contribution in [0.4, 0.5) is 0 Å². The van der Waals surface area contributed by atoms with E-state index in [9.17, 15) is 14.4 Å². The molecule has 9 rings (SSSR count). The summed E-state index contributed by atoms with van der Waals surface area (Å²) >= 11 is 0. The maximum atomic E-state index is 15.6. The average Bonchev–Trinajstić information content (AvgIpc) is 3.14. The number of hydrogen-bond acceptors (Lipinski definition) is 7.